The molecular formula is C19H17N3O7S. The predicted octanol–water partition coefficient (Wildman–Crippen LogP) is 1.08. The van der Waals surface area contributed by atoms with Crippen LogP contribution in [-0.2, 0) is 19.6 Å². The summed E-state index contributed by atoms with van der Waals surface area (Å²) in [6.45, 7) is -0.643. The number of nitrogens with zero attached hydrogens (tertiary/aromatic N) is 1. The maximum atomic E-state index is 12.3. The molecule has 30 heavy (non-hydrogen) atoms. The molecule has 11 heteroatoms. The third-order valence-electron chi connectivity index (χ3n) is 4.15. The average molecular weight is 431 g/mol. The fraction of sp³-hybridized carbons (Fsp3) is 0.158. The first-order chi connectivity index (χ1) is 14.1. The summed E-state index contributed by atoms with van der Waals surface area (Å²) in [5.74, 6) is -2.48. The minimum absolute atomic E-state index is 0.0244. The summed E-state index contributed by atoms with van der Waals surface area (Å²) in [5.41, 5.74) is 0.627. The number of esters is 1. The maximum Gasteiger partial charge on any atom is 0.340 e. The molecule has 0 radical (unpaired) electrons. The lowest BCUT2D eigenvalue weighted by molar-refractivity contribution is -0.119. The van der Waals surface area contributed by atoms with Crippen molar-refractivity contribution in [2.75, 3.05) is 29.9 Å². The predicted molar refractivity (Wildman–Crippen MR) is 107 cm³/mol. The SMILES string of the molecule is CN1C(=O)c2ccc(NC(=O)COC(=O)c3ccccc3NS(C)(=O)=O)cc2C1=O. The van der Waals surface area contributed by atoms with Gasteiger partial charge >= 0.3 is 5.97 Å². The molecule has 2 aromatic rings. The van der Waals surface area contributed by atoms with Crippen molar-refractivity contribution in [2.45, 2.75) is 0 Å². The number of para-hydroxylation sites is 1. The number of amides is 3. The van der Waals surface area contributed by atoms with Gasteiger partial charge in [0.15, 0.2) is 6.61 Å². The topological polar surface area (TPSA) is 139 Å². The number of fused-ring (bicyclic) bond motifs is 1. The van der Waals surface area contributed by atoms with Crippen LogP contribution in [0.4, 0.5) is 11.4 Å². The summed E-state index contributed by atoms with van der Waals surface area (Å²) in [5, 5.41) is 2.47. The molecule has 0 spiro atoms. The molecule has 0 saturated heterocycles. The zero-order valence-electron chi connectivity index (χ0n) is 16.0. The number of rotatable bonds is 6. The van der Waals surface area contributed by atoms with E-state index < -0.39 is 40.3 Å². The van der Waals surface area contributed by atoms with E-state index >= 15 is 0 Å². The monoisotopic (exact) mass is 431 g/mol. The van der Waals surface area contributed by atoms with Gasteiger partial charge in [0.1, 0.15) is 0 Å². The molecule has 0 bridgehead atoms. The number of hydrogen-bond donors (Lipinski definition) is 2. The van der Waals surface area contributed by atoms with Crippen molar-refractivity contribution in [3.63, 3.8) is 0 Å². The molecule has 10 nitrogen and oxygen atoms in total. The number of carbonyl (C=O) groups excluding carboxylic acids is 4. The van der Waals surface area contributed by atoms with Gasteiger partial charge in [-0.15, -0.1) is 0 Å². The molecule has 0 unspecified atom stereocenters. The van der Waals surface area contributed by atoms with E-state index in [1.54, 1.807) is 0 Å². The van der Waals surface area contributed by atoms with Crippen LogP contribution in [0.5, 0.6) is 0 Å². The lowest BCUT2D eigenvalue weighted by Crippen LogP contribution is -2.24. The van der Waals surface area contributed by atoms with Crippen LogP contribution < -0.4 is 10.0 Å². The van der Waals surface area contributed by atoms with Gasteiger partial charge in [0.25, 0.3) is 17.7 Å². The molecule has 156 valence electrons. The van der Waals surface area contributed by atoms with Gasteiger partial charge in [-0.25, -0.2) is 13.2 Å². The van der Waals surface area contributed by atoms with Gasteiger partial charge in [-0.3, -0.25) is 24.0 Å². The fourth-order valence-electron chi connectivity index (χ4n) is 2.79. The van der Waals surface area contributed by atoms with Crippen molar-refractivity contribution in [2.24, 2.45) is 0 Å². The third kappa shape index (κ3) is 4.46. The Labute approximate surface area is 171 Å². The molecule has 0 aliphatic carbocycles. The van der Waals surface area contributed by atoms with Gasteiger partial charge in [-0.1, -0.05) is 12.1 Å². The smallest absolute Gasteiger partial charge is 0.340 e. The summed E-state index contributed by atoms with van der Waals surface area (Å²) in [4.78, 5) is 49.2. The van der Waals surface area contributed by atoms with Crippen LogP contribution in [0.2, 0.25) is 0 Å². The number of hydrogen-bond acceptors (Lipinski definition) is 7. The highest BCUT2D eigenvalue weighted by atomic mass is 32.2. The Morgan fingerprint density at radius 1 is 1.03 bits per heavy atom. The highest BCUT2D eigenvalue weighted by molar-refractivity contribution is 7.92. The lowest BCUT2D eigenvalue weighted by Gasteiger charge is -2.11. The number of benzene rings is 2. The van der Waals surface area contributed by atoms with E-state index in [9.17, 15) is 27.6 Å². The molecule has 0 aromatic heterocycles. The quantitative estimate of drug-likeness (QED) is 0.515. The minimum atomic E-state index is -3.61. The Hall–Kier alpha value is -3.73. The molecule has 3 rings (SSSR count). The van der Waals surface area contributed by atoms with Gasteiger partial charge in [0, 0.05) is 12.7 Å². The van der Waals surface area contributed by atoms with Crippen molar-refractivity contribution >= 4 is 45.1 Å². The van der Waals surface area contributed by atoms with Crippen molar-refractivity contribution in [1.29, 1.82) is 0 Å². The summed E-state index contributed by atoms with van der Waals surface area (Å²) >= 11 is 0. The van der Waals surface area contributed by atoms with Crippen molar-refractivity contribution < 1.29 is 32.3 Å². The van der Waals surface area contributed by atoms with Gasteiger partial charge in [-0.2, -0.15) is 0 Å². The Balaban J connectivity index is 1.64. The number of sulfonamides is 1. The molecule has 2 N–H and O–H groups in total. The van der Waals surface area contributed by atoms with E-state index in [4.69, 9.17) is 4.74 Å². The molecule has 1 aliphatic rings. The summed E-state index contributed by atoms with van der Waals surface area (Å²) in [6.07, 6.45) is 0.940. The van der Waals surface area contributed by atoms with E-state index in [1.807, 2.05) is 0 Å². The second kappa shape index (κ2) is 7.95. The van der Waals surface area contributed by atoms with Gasteiger partial charge in [0.05, 0.1) is 28.6 Å². The van der Waals surface area contributed by atoms with E-state index in [0.29, 0.717) is 0 Å². The number of ether oxygens (including phenoxy) is 1. The molecule has 1 heterocycles. The summed E-state index contributed by atoms with van der Waals surface area (Å²) in [6, 6.07) is 10.0. The normalized spacial score (nSPS) is 13.1. The second-order valence-corrected chi connectivity index (χ2v) is 8.22. The molecule has 0 atom stereocenters. The summed E-state index contributed by atoms with van der Waals surface area (Å²) in [7, 11) is -2.25. The van der Waals surface area contributed by atoms with Crippen molar-refractivity contribution in [3.05, 3.63) is 59.2 Å². The van der Waals surface area contributed by atoms with Crippen LogP contribution >= 0.6 is 0 Å². The Kier molecular flexibility index (Phi) is 5.56. The van der Waals surface area contributed by atoms with Crippen molar-refractivity contribution in [1.82, 2.24) is 4.90 Å². The first kappa shape index (κ1) is 21.0. The highest BCUT2D eigenvalue weighted by Gasteiger charge is 2.32. The Morgan fingerprint density at radius 3 is 2.40 bits per heavy atom. The van der Waals surface area contributed by atoms with E-state index in [0.717, 1.165) is 11.2 Å². The molecule has 3 amide bonds. The largest absolute Gasteiger partial charge is 0.452 e. The molecule has 0 fully saturated rings. The second-order valence-electron chi connectivity index (χ2n) is 6.47. The zero-order valence-corrected chi connectivity index (χ0v) is 16.8. The van der Waals surface area contributed by atoms with Crippen LogP contribution in [0, 0.1) is 0 Å². The van der Waals surface area contributed by atoms with Crippen LogP contribution in [0.25, 0.3) is 0 Å². The Bertz CT molecular complexity index is 1170. The van der Waals surface area contributed by atoms with Crippen LogP contribution in [0.15, 0.2) is 42.5 Å². The van der Waals surface area contributed by atoms with E-state index in [-0.39, 0.29) is 28.1 Å². The lowest BCUT2D eigenvalue weighted by atomic mass is 10.1. The van der Waals surface area contributed by atoms with Gasteiger partial charge in [-0.05, 0) is 30.3 Å². The zero-order chi connectivity index (χ0) is 22.1. The van der Waals surface area contributed by atoms with E-state index in [1.165, 1.54) is 49.5 Å². The Morgan fingerprint density at radius 2 is 1.70 bits per heavy atom. The van der Waals surface area contributed by atoms with Gasteiger partial charge in [0.2, 0.25) is 10.0 Å². The first-order valence-electron chi connectivity index (χ1n) is 8.57. The van der Waals surface area contributed by atoms with Crippen LogP contribution in [-0.4, -0.2) is 56.9 Å². The summed E-state index contributed by atoms with van der Waals surface area (Å²) < 4.78 is 30.0. The number of nitrogens with one attached hydrogen (secondary N) is 2. The number of imide groups is 1. The fourth-order valence-corrected chi connectivity index (χ4v) is 3.37. The molecule has 1 aliphatic heterocycles. The van der Waals surface area contributed by atoms with Crippen molar-refractivity contribution in [3.8, 4) is 0 Å². The standard InChI is InChI=1S/C19H17N3O7S/c1-22-17(24)12-8-7-11(9-14(12)18(22)25)20-16(23)10-29-19(26)13-5-3-4-6-15(13)21-30(2,27)28/h3-9,21H,10H2,1-2H3,(H,20,23). The molecule has 0 saturated carbocycles. The van der Waals surface area contributed by atoms with Gasteiger partial charge < -0.3 is 10.1 Å². The number of anilines is 2. The molecular weight excluding hydrogens is 414 g/mol. The molecule has 2 aromatic carbocycles. The number of carbonyl (C=O) groups is 4. The van der Waals surface area contributed by atoms with E-state index in [2.05, 4.69) is 10.0 Å². The van der Waals surface area contributed by atoms with Crippen LogP contribution in [0.1, 0.15) is 31.1 Å². The maximum absolute atomic E-state index is 12.3. The first-order valence-corrected chi connectivity index (χ1v) is 10.5. The minimum Gasteiger partial charge on any atom is -0.452 e. The third-order valence-corrected chi connectivity index (χ3v) is 4.74. The average Bonchev–Trinajstić information content (AvgIpc) is 2.89. The highest BCUT2D eigenvalue weighted by Crippen LogP contribution is 2.24. The van der Waals surface area contributed by atoms with Crippen LogP contribution in [0.3, 0.4) is 0 Å².